The summed E-state index contributed by atoms with van der Waals surface area (Å²) in [5, 5.41) is 0.567. The van der Waals surface area contributed by atoms with Gasteiger partial charge in [-0.1, -0.05) is 37.6 Å². The fraction of sp³-hybridized carbons (Fsp3) is 0.400. The second-order valence-electron chi connectivity index (χ2n) is 4.07. The first kappa shape index (κ1) is 12.5. The molecular formula is C10H12ClFO2S. The van der Waals surface area contributed by atoms with Crippen LogP contribution in [0, 0.1) is 0 Å². The Labute approximate surface area is 94.3 Å². The monoisotopic (exact) mass is 250 g/mol. The van der Waals surface area contributed by atoms with Crippen molar-refractivity contribution in [2.75, 3.05) is 5.75 Å². The lowest BCUT2D eigenvalue weighted by molar-refractivity contribution is 0.515. The van der Waals surface area contributed by atoms with Crippen LogP contribution in [-0.2, 0) is 15.6 Å². The third kappa shape index (κ3) is 3.80. The van der Waals surface area contributed by atoms with Crippen molar-refractivity contribution in [2.24, 2.45) is 0 Å². The third-order valence-electron chi connectivity index (χ3n) is 2.16. The minimum atomic E-state index is -4.47. The van der Waals surface area contributed by atoms with Crippen molar-refractivity contribution >= 4 is 21.8 Å². The third-order valence-corrected chi connectivity index (χ3v) is 3.48. The lowest BCUT2D eigenvalue weighted by Crippen LogP contribution is -2.26. The van der Waals surface area contributed by atoms with Crippen molar-refractivity contribution in [1.82, 2.24) is 0 Å². The van der Waals surface area contributed by atoms with Crippen molar-refractivity contribution in [1.29, 1.82) is 0 Å². The highest BCUT2D eigenvalue weighted by molar-refractivity contribution is 7.86. The fourth-order valence-electron chi connectivity index (χ4n) is 1.42. The molecule has 1 aromatic rings. The second kappa shape index (κ2) is 4.10. The number of hydrogen-bond acceptors (Lipinski definition) is 2. The lowest BCUT2D eigenvalue weighted by Gasteiger charge is -2.22. The number of benzene rings is 1. The Morgan fingerprint density at radius 2 is 1.73 bits per heavy atom. The van der Waals surface area contributed by atoms with E-state index in [-0.39, 0.29) is 0 Å². The van der Waals surface area contributed by atoms with Gasteiger partial charge >= 0.3 is 10.2 Å². The molecule has 0 N–H and O–H groups in total. The molecule has 15 heavy (non-hydrogen) atoms. The van der Waals surface area contributed by atoms with Gasteiger partial charge in [0.1, 0.15) is 0 Å². The van der Waals surface area contributed by atoms with Crippen molar-refractivity contribution < 1.29 is 12.3 Å². The van der Waals surface area contributed by atoms with E-state index in [1.54, 1.807) is 38.1 Å². The standard InChI is InChI=1S/C10H12ClFO2S/c1-10(2,7-15(12,13)14)8-3-5-9(11)6-4-8/h3-6H,7H2,1-2H3. The molecule has 0 aliphatic carbocycles. The zero-order valence-electron chi connectivity index (χ0n) is 8.50. The van der Waals surface area contributed by atoms with Crippen molar-refractivity contribution in [3.8, 4) is 0 Å². The van der Waals surface area contributed by atoms with Crippen LogP contribution in [0.1, 0.15) is 19.4 Å². The van der Waals surface area contributed by atoms with Gasteiger partial charge in [0.2, 0.25) is 0 Å². The summed E-state index contributed by atoms with van der Waals surface area (Å²) in [7, 11) is -4.47. The molecule has 1 rings (SSSR count). The Hall–Kier alpha value is -0.610. The van der Waals surface area contributed by atoms with Crippen LogP contribution >= 0.6 is 11.6 Å². The first-order valence-electron chi connectivity index (χ1n) is 4.39. The average Bonchev–Trinajstić information content (AvgIpc) is 2.00. The van der Waals surface area contributed by atoms with Crippen LogP contribution in [0.2, 0.25) is 5.02 Å². The molecule has 84 valence electrons. The normalized spacial score (nSPS) is 12.8. The summed E-state index contributed by atoms with van der Waals surface area (Å²) in [6.07, 6.45) is 0. The molecule has 0 fully saturated rings. The van der Waals surface area contributed by atoms with Gasteiger partial charge in [0.25, 0.3) is 0 Å². The SMILES string of the molecule is CC(C)(CS(=O)(=O)F)c1ccc(Cl)cc1. The van der Waals surface area contributed by atoms with E-state index in [1.807, 2.05) is 0 Å². The molecule has 1 aromatic carbocycles. The van der Waals surface area contributed by atoms with Gasteiger partial charge in [-0.25, -0.2) is 0 Å². The average molecular weight is 251 g/mol. The maximum absolute atomic E-state index is 12.6. The molecule has 0 aliphatic heterocycles. The van der Waals surface area contributed by atoms with Gasteiger partial charge < -0.3 is 0 Å². The second-order valence-corrected chi connectivity index (χ2v) is 5.88. The van der Waals surface area contributed by atoms with Crippen LogP contribution in [0.5, 0.6) is 0 Å². The Balaban J connectivity index is 3.00. The maximum Gasteiger partial charge on any atom is 0.303 e. The highest BCUT2D eigenvalue weighted by atomic mass is 35.5. The highest BCUT2D eigenvalue weighted by Crippen LogP contribution is 2.26. The summed E-state index contributed by atoms with van der Waals surface area (Å²) in [6, 6.07) is 6.72. The van der Waals surface area contributed by atoms with Crippen molar-refractivity contribution in [3.05, 3.63) is 34.9 Å². The highest BCUT2D eigenvalue weighted by Gasteiger charge is 2.27. The zero-order chi connectivity index (χ0) is 11.7. The van der Waals surface area contributed by atoms with Gasteiger partial charge in [0, 0.05) is 10.4 Å². The van der Waals surface area contributed by atoms with Crippen LogP contribution in [0.3, 0.4) is 0 Å². The van der Waals surface area contributed by atoms with Crippen molar-refractivity contribution in [3.63, 3.8) is 0 Å². The summed E-state index contributed by atoms with van der Waals surface area (Å²) in [5.74, 6) is -0.526. The van der Waals surface area contributed by atoms with E-state index < -0.39 is 21.4 Å². The van der Waals surface area contributed by atoms with Crippen LogP contribution in [0.4, 0.5) is 3.89 Å². The Kier molecular flexibility index (Phi) is 3.41. The molecule has 0 amide bonds. The Morgan fingerprint density at radius 1 is 1.27 bits per heavy atom. The van der Waals surface area contributed by atoms with Crippen LogP contribution in [-0.4, -0.2) is 14.2 Å². The minimum Gasteiger partial charge on any atom is -0.195 e. The molecule has 0 aromatic heterocycles. The minimum absolute atomic E-state index is 0.526. The lowest BCUT2D eigenvalue weighted by atomic mass is 9.87. The largest absolute Gasteiger partial charge is 0.303 e. The predicted molar refractivity (Wildman–Crippen MR) is 59.4 cm³/mol. The van der Waals surface area contributed by atoms with Gasteiger partial charge in [0.05, 0.1) is 5.75 Å². The van der Waals surface area contributed by atoms with E-state index in [2.05, 4.69) is 0 Å². The molecule has 0 atom stereocenters. The first-order chi connectivity index (χ1) is 6.71. The maximum atomic E-state index is 12.6. The van der Waals surface area contributed by atoms with Gasteiger partial charge in [-0.3, -0.25) is 0 Å². The van der Waals surface area contributed by atoms with Gasteiger partial charge in [-0.05, 0) is 17.7 Å². The topological polar surface area (TPSA) is 34.1 Å². The van der Waals surface area contributed by atoms with Crippen LogP contribution in [0.15, 0.2) is 24.3 Å². The Morgan fingerprint density at radius 3 is 2.13 bits per heavy atom. The number of halogens is 2. The molecule has 0 bridgehead atoms. The molecule has 0 saturated heterocycles. The Bertz CT molecular complexity index is 437. The van der Waals surface area contributed by atoms with Gasteiger partial charge in [-0.2, -0.15) is 8.42 Å². The van der Waals surface area contributed by atoms with Gasteiger partial charge in [0.15, 0.2) is 0 Å². The molecule has 0 saturated carbocycles. The van der Waals surface area contributed by atoms with E-state index in [4.69, 9.17) is 11.6 Å². The fourth-order valence-corrected chi connectivity index (χ4v) is 2.57. The quantitative estimate of drug-likeness (QED) is 0.773. The van der Waals surface area contributed by atoms with Crippen molar-refractivity contribution in [2.45, 2.75) is 19.3 Å². The van der Waals surface area contributed by atoms with E-state index in [0.717, 1.165) is 5.56 Å². The number of rotatable bonds is 3. The van der Waals surface area contributed by atoms with E-state index in [1.165, 1.54) is 0 Å². The molecule has 0 radical (unpaired) electrons. The molecule has 0 spiro atoms. The summed E-state index contributed by atoms with van der Waals surface area (Å²) in [4.78, 5) is 0. The molecule has 0 unspecified atom stereocenters. The smallest absolute Gasteiger partial charge is 0.195 e. The summed E-state index contributed by atoms with van der Waals surface area (Å²) in [5.41, 5.74) is -0.00818. The van der Waals surface area contributed by atoms with Crippen LogP contribution in [0.25, 0.3) is 0 Å². The summed E-state index contributed by atoms with van der Waals surface area (Å²) < 4.78 is 33.8. The van der Waals surface area contributed by atoms with Crippen LogP contribution < -0.4 is 0 Å². The molecule has 0 aliphatic rings. The predicted octanol–water partition coefficient (Wildman–Crippen LogP) is 2.92. The summed E-state index contributed by atoms with van der Waals surface area (Å²) >= 11 is 5.70. The van der Waals surface area contributed by atoms with E-state index >= 15 is 0 Å². The van der Waals surface area contributed by atoms with E-state index in [0.29, 0.717) is 5.02 Å². The summed E-state index contributed by atoms with van der Waals surface area (Å²) in [6.45, 7) is 3.35. The van der Waals surface area contributed by atoms with E-state index in [9.17, 15) is 12.3 Å². The number of hydrogen-bond donors (Lipinski definition) is 0. The molecular weight excluding hydrogens is 239 g/mol. The zero-order valence-corrected chi connectivity index (χ0v) is 10.1. The molecule has 5 heteroatoms. The first-order valence-corrected chi connectivity index (χ1v) is 6.32. The molecule has 2 nitrogen and oxygen atoms in total. The van der Waals surface area contributed by atoms with Gasteiger partial charge in [-0.15, -0.1) is 3.89 Å². The molecule has 0 heterocycles.